The van der Waals surface area contributed by atoms with Crippen LogP contribution < -0.4 is 10.9 Å². The first kappa shape index (κ1) is 15.8. The first-order chi connectivity index (χ1) is 12.3. The number of rotatable bonds is 6. The summed E-state index contributed by atoms with van der Waals surface area (Å²) >= 11 is 0. The summed E-state index contributed by atoms with van der Waals surface area (Å²) in [7, 11) is 1.61. The van der Waals surface area contributed by atoms with Crippen LogP contribution in [0.15, 0.2) is 41.4 Å². The molecule has 0 fully saturated rings. The molecule has 0 unspecified atom stereocenters. The average Bonchev–Trinajstić information content (AvgIpc) is 3.33. The van der Waals surface area contributed by atoms with Crippen molar-refractivity contribution in [3.8, 4) is 0 Å². The van der Waals surface area contributed by atoms with Crippen LogP contribution in [0.25, 0.3) is 11.2 Å². The number of furan rings is 1. The second kappa shape index (κ2) is 7.01. The van der Waals surface area contributed by atoms with Crippen LogP contribution >= 0.6 is 0 Å². The van der Waals surface area contributed by atoms with Gasteiger partial charge in [0.05, 0.1) is 19.9 Å². The molecule has 9 heteroatoms. The van der Waals surface area contributed by atoms with Gasteiger partial charge in [-0.1, -0.05) is 6.08 Å². The van der Waals surface area contributed by atoms with Crippen molar-refractivity contribution in [3.63, 3.8) is 0 Å². The van der Waals surface area contributed by atoms with E-state index in [1.807, 2.05) is 27.7 Å². The van der Waals surface area contributed by atoms with Gasteiger partial charge in [-0.15, -0.1) is 15.8 Å². The molecule has 0 atom stereocenters. The molecular weight excluding hydrogens is 322 g/mol. The van der Waals surface area contributed by atoms with Crippen LogP contribution in [0.4, 0.5) is 5.95 Å². The maximum Gasteiger partial charge on any atom is 0.210 e. The van der Waals surface area contributed by atoms with E-state index >= 15 is 0 Å². The molecule has 0 radical (unpaired) electrons. The monoisotopic (exact) mass is 341 g/mol. The molecule has 0 saturated heterocycles. The van der Waals surface area contributed by atoms with E-state index in [9.17, 15) is 0 Å². The highest BCUT2D eigenvalue weighted by atomic mass is 16.7. The Kier molecular flexibility index (Phi) is 4.42. The number of anilines is 1. The van der Waals surface area contributed by atoms with Gasteiger partial charge in [0.15, 0.2) is 5.65 Å². The molecule has 0 saturated carbocycles. The first-order valence-corrected chi connectivity index (χ1v) is 8.03. The van der Waals surface area contributed by atoms with E-state index in [2.05, 4.69) is 32.2 Å². The number of hydrogen-bond acceptors (Lipinski definition) is 8. The minimum absolute atomic E-state index is 0.549. The second-order valence-electron chi connectivity index (χ2n) is 5.67. The van der Waals surface area contributed by atoms with Gasteiger partial charge in [0, 0.05) is 24.8 Å². The third-order valence-electron chi connectivity index (χ3n) is 4.11. The fourth-order valence-corrected chi connectivity index (χ4v) is 2.88. The fourth-order valence-electron chi connectivity index (χ4n) is 2.88. The average molecular weight is 341 g/mol. The maximum atomic E-state index is 5.34. The van der Waals surface area contributed by atoms with E-state index in [0.717, 1.165) is 36.5 Å². The lowest BCUT2D eigenvalue weighted by atomic mass is 10.0. The summed E-state index contributed by atoms with van der Waals surface area (Å²) in [5.41, 5.74) is 5.84. The van der Waals surface area contributed by atoms with E-state index in [1.54, 1.807) is 19.7 Å². The van der Waals surface area contributed by atoms with Crippen molar-refractivity contribution in [1.82, 2.24) is 30.2 Å². The molecule has 130 valence electrons. The summed E-state index contributed by atoms with van der Waals surface area (Å²) in [5.74, 6) is 1.52. The maximum absolute atomic E-state index is 5.34. The lowest BCUT2D eigenvalue weighted by molar-refractivity contribution is -0.0503. The molecule has 4 heterocycles. The van der Waals surface area contributed by atoms with Crippen molar-refractivity contribution in [2.45, 2.75) is 13.0 Å². The zero-order valence-corrected chi connectivity index (χ0v) is 13.8. The summed E-state index contributed by atoms with van der Waals surface area (Å²) in [6, 6.07) is 3.77. The molecule has 0 bridgehead atoms. The van der Waals surface area contributed by atoms with Crippen molar-refractivity contribution in [2.24, 2.45) is 0 Å². The van der Waals surface area contributed by atoms with Crippen molar-refractivity contribution in [3.05, 3.63) is 48.3 Å². The normalized spacial score (nSPS) is 15.5. The van der Waals surface area contributed by atoms with E-state index in [0.29, 0.717) is 12.5 Å². The smallest absolute Gasteiger partial charge is 0.210 e. The van der Waals surface area contributed by atoms with Gasteiger partial charge in [-0.05, 0) is 24.1 Å². The zero-order valence-electron chi connectivity index (χ0n) is 13.8. The summed E-state index contributed by atoms with van der Waals surface area (Å²) in [4.78, 5) is 9.49. The number of aromatic nitrogens is 4. The lowest BCUT2D eigenvalue weighted by Crippen LogP contribution is -2.40. The third kappa shape index (κ3) is 3.25. The lowest BCUT2D eigenvalue weighted by Gasteiger charge is -2.25. The second-order valence-corrected chi connectivity index (χ2v) is 5.67. The molecular formula is C16H19N7O2. The summed E-state index contributed by atoms with van der Waals surface area (Å²) in [6.45, 7) is 2.15. The Balaban J connectivity index is 1.57. The SMILES string of the molecule is CONN1CC=C(c2cnc(NCc3ccco3)n3cnnc23)CC1. The third-order valence-corrected chi connectivity index (χ3v) is 4.11. The van der Waals surface area contributed by atoms with Crippen LogP contribution in [0.3, 0.4) is 0 Å². The van der Waals surface area contributed by atoms with E-state index in [4.69, 9.17) is 9.25 Å². The molecule has 1 aliphatic heterocycles. The number of fused-ring (bicyclic) bond motifs is 1. The Morgan fingerprint density at radius 2 is 2.36 bits per heavy atom. The van der Waals surface area contributed by atoms with Crippen LogP contribution in [0, 0.1) is 0 Å². The Morgan fingerprint density at radius 3 is 3.12 bits per heavy atom. The molecule has 2 N–H and O–H groups in total. The highest BCUT2D eigenvalue weighted by Gasteiger charge is 2.17. The fraction of sp³-hybridized carbons (Fsp3) is 0.312. The molecule has 3 aromatic rings. The van der Waals surface area contributed by atoms with E-state index in [-0.39, 0.29) is 0 Å². The Bertz CT molecular complexity index is 872. The Morgan fingerprint density at radius 1 is 1.40 bits per heavy atom. The van der Waals surface area contributed by atoms with Crippen LogP contribution in [0.5, 0.6) is 0 Å². The summed E-state index contributed by atoms with van der Waals surface area (Å²) in [6.07, 6.45) is 8.19. The quantitative estimate of drug-likeness (QED) is 0.652. The van der Waals surface area contributed by atoms with Gasteiger partial charge in [-0.3, -0.25) is 9.24 Å². The number of hydrazine groups is 1. The predicted octanol–water partition coefficient (Wildman–Crippen LogP) is 1.48. The molecule has 0 aromatic carbocycles. The van der Waals surface area contributed by atoms with Crippen LogP contribution in [0.1, 0.15) is 17.7 Å². The van der Waals surface area contributed by atoms with Crippen molar-refractivity contribution in [2.75, 3.05) is 25.5 Å². The van der Waals surface area contributed by atoms with Gasteiger partial charge >= 0.3 is 0 Å². The largest absolute Gasteiger partial charge is 0.467 e. The van der Waals surface area contributed by atoms with Gasteiger partial charge in [0.25, 0.3) is 0 Å². The van der Waals surface area contributed by atoms with Crippen molar-refractivity contribution >= 4 is 17.2 Å². The molecule has 0 aliphatic carbocycles. The van der Waals surface area contributed by atoms with E-state index in [1.165, 1.54) is 5.57 Å². The van der Waals surface area contributed by atoms with Crippen molar-refractivity contribution in [1.29, 1.82) is 0 Å². The van der Waals surface area contributed by atoms with Gasteiger partial charge in [0.2, 0.25) is 5.95 Å². The summed E-state index contributed by atoms with van der Waals surface area (Å²) < 4.78 is 7.20. The number of nitrogens with zero attached hydrogens (tertiary/aromatic N) is 5. The molecule has 0 spiro atoms. The van der Waals surface area contributed by atoms with Gasteiger partial charge in [-0.2, -0.15) is 0 Å². The zero-order chi connectivity index (χ0) is 17.1. The highest BCUT2D eigenvalue weighted by molar-refractivity contribution is 5.76. The number of nitrogens with one attached hydrogen (secondary N) is 2. The topological polar surface area (TPSA) is 92.8 Å². The molecule has 4 rings (SSSR count). The Labute approximate surface area is 144 Å². The molecule has 0 amide bonds. The highest BCUT2D eigenvalue weighted by Crippen LogP contribution is 2.25. The standard InChI is InChI=1S/C16H19N7O2/c1-24-21-22-6-4-12(5-7-22)14-10-18-16(23-11-19-20-15(14)23)17-9-13-3-2-8-25-13/h2-4,8,10-11,21H,5-7,9H2,1H3,(H,17,18). The van der Waals surface area contributed by atoms with Gasteiger partial charge < -0.3 is 9.73 Å². The minimum atomic E-state index is 0.549. The molecule has 9 nitrogen and oxygen atoms in total. The number of hydrogen-bond donors (Lipinski definition) is 2. The van der Waals surface area contributed by atoms with Crippen molar-refractivity contribution < 1.29 is 9.25 Å². The van der Waals surface area contributed by atoms with Gasteiger partial charge in [-0.25, -0.2) is 9.99 Å². The predicted molar refractivity (Wildman–Crippen MR) is 91.1 cm³/mol. The Hall–Kier alpha value is -2.75. The minimum Gasteiger partial charge on any atom is -0.467 e. The summed E-state index contributed by atoms with van der Waals surface area (Å²) in [5, 5.41) is 13.6. The van der Waals surface area contributed by atoms with E-state index < -0.39 is 0 Å². The first-order valence-electron chi connectivity index (χ1n) is 8.03. The molecule has 3 aromatic heterocycles. The van der Waals surface area contributed by atoms with Crippen LogP contribution in [-0.4, -0.2) is 44.8 Å². The van der Waals surface area contributed by atoms with Gasteiger partial charge in [0.1, 0.15) is 12.1 Å². The van der Waals surface area contributed by atoms with Crippen LogP contribution in [0.2, 0.25) is 0 Å². The molecule has 1 aliphatic rings. The van der Waals surface area contributed by atoms with Crippen LogP contribution in [-0.2, 0) is 11.4 Å². The molecule has 25 heavy (non-hydrogen) atoms.